The Labute approximate surface area is 178 Å². The number of rotatable bonds is 5. The summed E-state index contributed by atoms with van der Waals surface area (Å²) in [7, 11) is 3.77. The van der Waals surface area contributed by atoms with E-state index >= 15 is 0 Å². The van der Waals surface area contributed by atoms with Crippen molar-refractivity contribution < 1.29 is 38.1 Å². The van der Waals surface area contributed by atoms with Gasteiger partial charge in [-0.1, -0.05) is 18.2 Å². The van der Waals surface area contributed by atoms with Gasteiger partial charge in [0.05, 0.1) is 20.8 Å². The van der Waals surface area contributed by atoms with Crippen molar-refractivity contribution in [3.8, 4) is 0 Å². The Bertz CT molecular complexity index is 1040. The number of nitrogens with two attached hydrogens (primary N) is 1. The second-order valence-electron chi connectivity index (χ2n) is 6.74. The number of nitrogens with zero attached hydrogens (tertiary/aromatic N) is 1. The van der Waals surface area contributed by atoms with E-state index in [9.17, 15) is 19.2 Å². The molecule has 10 nitrogen and oxygen atoms in total. The van der Waals surface area contributed by atoms with Crippen molar-refractivity contribution in [1.29, 1.82) is 0 Å². The van der Waals surface area contributed by atoms with Crippen LogP contribution in [0.5, 0.6) is 0 Å². The first-order valence-electron chi connectivity index (χ1n) is 9.37. The number of fused-ring (bicyclic) bond motifs is 2. The van der Waals surface area contributed by atoms with Crippen molar-refractivity contribution in [3.05, 3.63) is 52.6 Å². The van der Waals surface area contributed by atoms with Gasteiger partial charge in [-0.05, 0) is 13.0 Å². The van der Waals surface area contributed by atoms with Gasteiger partial charge >= 0.3 is 17.9 Å². The number of esters is 3. The molecule has 0 saturated carbocycles. The number of ether oxygens (including phenoxy) is 4. The molecule has 1 aromatic rings. The van der Waals surface area contributed by atoms with Gasteiger partial charge in [-0.3, -0.25) is 9.59 Å². The molecule has 0 aliphatic carbocycles. The monoisotopic (exact) mass is 430 g/mol. The molecule has 0 saturated heterocycles. The molecule has 1 atom stereocenters. The van der Waals surface area contributed by atoms with E-state index in [2.05, 4.69) is 4.74 Å². The lowest BCUT2D eigenvalue weighted by molar-refractivity contribution is -0.142. The lowest BCUT2D eigenvalue weighted by Gasteiger charge is -2.36. The Balaban J connectivity index is 2.45. The van der Waals surface area contributed by atoms with Gasteiger partial charge in [0.2, 0.25) is 11.8 Å². The molecule has 0 aromatic heterocycles. The molecular weight excluding hydrogens is 408 g/mol. The number of hydrogen-bond donors (Lipinski definition) is 1. The van der Waals surface area contributed by atoms with E-state index < -0.39 is 41.5 Å². The van der Waals surface area contributed by atoms with Crippen LogP contribution in [0.4, 0.5) is 5.69 Å². The van der Waals surface area contributed by atoms with E-state index in [-0.39, 0.29) is 23.5 Å². The van der Waals surface area contributed by atoms with Crippen molar-refractivity contribution in [1.82, 2.24) is 0 Å². The minimum atomic E-state index is -2.02. The van der Waals surface area contributed by atoms with E-state index in [4.69, 9.17) is 19.9 Å². The Morgan fingerprint density at radius 1 is 1.10 bits per heavy atom. The smallest absolute Gasteiger partial charge is 0.341 e. The number of methoxy groups -OCH3 is 2. The average molecular weight is 430 g/mol. The predicted octanol–water partition coefficient (Wildman–Crippen LogP) is 0.655. The SMILES string of the molecule is CCOC(=O)C1=C(N)OC(CC(=O)OC)=C(C(=O)OC)[C@@]12C(=O)N(C)c1ccccc12. The second kappa shape index (κ2) is 8.13. The number of hydrogen-bond acceptors (Lipinski definition) is 9. The van der Waals surface area contributed by atoms with E-state index in [1.165, 1.54) is 11.9 Å². The Morgan fingerprint density at radius 3 is 2.39 bits per heavy atom. The van der Waals surface area contributed by atoms with E-state index in [0.29, 0.717) is 11.3 Å². The minimum absolute atomic E-state index is 0.0103. The fraction of sp³-hybridized carbons (Fsp3) is 0.333. The van der Waals surface area contributed by atoms with Crippen LogP contribution in [0.1, 0.15) is 18.9 Å². The van der Waals surface area contributed by atoms with Crippen LogP contribution in [0.3, 0.4) is 0 Å². The van der Waals surface area contributed by atoms with Gasteiger partial charge < -0.3 is 29.6 Å². The Hall–Kier alpha value is -3.82. The first-order chi connectivity index (χ1) is 14.7. The zero-order chi connectivity index (χ0) is 22.9. The molecule has 164 valence electrons. The molecule has 2 aliphatic heterocycles. The standard InChI is InChI=1S/C21H22N2O8/c1-5-30-19(26)16-17(22)31-13(10-14(24)28-3)15(18(25)29-4)21(16)11-8-6-7-9-12(11)23(2)20(21)27/h6-9H,5,10,22H2,1-4H3/t21-/m1/s1. The molecule has 1 aromatic carbocycles. The number of benzene rings is 1. The minimum Gasteiger partial charge on any atom is -0.469 e. The average Bonchev–Trinajstić information content (AvgIpc) is 2.96. The van der Waals surface area contributed by atoms with Gasteiger partial charge in [-0.15, -0.1) is 0 Å². The van der Waals surface area contributed by atoms with E-state index in [1.807, 2.05) is 0 Å². The summed E-state index contributed by atoms with van der Waals surface area (Å²) < 4.78 is 20.3. The largest absolute Gasteiger partial charge is 0.469 e. The summed E-state index contributed by atoms with van der Waals surface area (Å²) in [4.78, 5) is 53.1. The van der Waals surface area contributed by atoms with Gasteiger partial charge in [-0.2, -0.15) is 0 Å². The lowest BCUT2D eigenvalue weighted by Crippen LogP contribution is -2.50. The molecule has 10 heteroatoms. The summed E-state index contributed by atoms with van der Waals surface area (Å²) in [6.07, 6.45) is -0.515. The molecule has 0 fully saturated rings. The molecule has 1 spiro atoms. The Kier molecular flexibility index (Phi) is 5.74. The third-order valence-electron chi connectivity index (χ3n) is 5.20. The number of carbonyl (C=O) groups is 4. The van der Waals surface area contributed by atoms with Gasteiger partial charge in [0.1, 0.15) is 28.7 Å². The number of anilines is 1. The zero-order valence-electron chi connectivity index (χ0n) is 17.5. The van der Waals surface area contributed by atoms with Crippen molar-refractivity contribution in [2.45, 2.75) is 18.8 Å². The summed E-state index contributed by atoms with van der Waals surface area (Å²) in [6, 6.07) is 6.60. The van der Waals surface area contributed by atoms with Gasteiger partial charge in [0.15, 0.2) is 0 Å². The molecule has 0 bridgehead atoms. The van der Waals surface area contributed by atoms with Crippen LogP contribution in [0.15, 0.2) is 47.1 Å². The fourth-order valence-electron chi connectivity index (χ4n) is 3.95. The molecule has 3 rings (SSSR count). The summed E-state index contributed by atoms with van der Waals surface area (Å²) >= 11 is 0. The third-order valence-corrected chi connectivity index (χ3v) is 5.20. The van der Waals surface area contributed by atoms with Gasteiger partial charge in [0, 0.05) is 18.3 Å². The van der Waals surface area contributed by atoms with Crippen LogP contribution >= 0.6 is 0 Å². The third kappa shape index (κ3) is 3.11. The molecule has 0 unspecified atom stereocenters. The number of likely N-dealkylation sites (N-methyl/N-ethyl adjacent to an activating group) is 1. The molecule has 2 N–H and O–H groups in total. The van der Waals surface area contributed by atoms with Crippen molar-refractivity contribution >= 4 is 29.5 Å². The summed E-state index contributed by atoms with van der Waals surface area (Å²) in [5, 5.41) is 0. The highest BCUT2D eigenvalue weighted by molar-refractivity contribution is 6.22. The molecule has 2 aliphatic rings. The van der Waals surface area contributed by atoms with Crippen LogP contribution in [-0.2, 0) is 43.5 Å². The first-order valence-corrected chi connectivity index (χ1v) is 9.37. The molecular formula is C21H22N2O8. The van der Waals surface area contributed by atoms with Crippen LogP contribution in [0.2, 0.25) is 0 Å². The van der Waals surface area contributed by atoms with Crippen LogP contribution in [0.25, 0.3) is 0 Å². The van der Waals surface area contributed by atoms with Crippen LogP contribution in [0, 0.1) is 0 Å². The maximum atomic E-state index is 13.8. The number of amides is 1. The highest BCUT2D eigenvalue weighted by atomic mass is 16.5. The molecule has 2 heterocycles. The van der Waals surface area contributed by atoms with Crippen molar-refractivity contribution in [2.24, 2.45) is 5.73 Å². The Morgan fingerprint density at radius 2 is 1.77 bits per heavy atom. The quantitative estimate of drug-likeness (QED) is 0.528. The lowest BCUT2D eigenvalue weighted by atomic mass is 9.67. The molecule has 31 heavy (non-hydrogen) atoms. The fourth-order valence-corrected chi connectivity index (χ4v) is 3.95. The van der Waals surface area contributed by atoms with Crippen molar-refractivity contribution in [3.63, 3.8) is 0 Å². The molecule has 1 amide bonds. The number of para-hydroxylation sites is 1. The van der Waals surface area contributed by atoms with E-state index in [1.54, 1.807) is 31.2 Å². The normalized spacial score (nSPS) is 19.9. The maximum Gasteiger partial charge on any atom is 0.341 e. The van der Waals surface area contributed by atoms with Crippen LogP contribution < -0.4 is 10.6 Å². The summed E-state index contributed by atoms with van der Waals surface area (Å²) in [5.41, 5.74) is 4.13. The zero-order valence-corrected chi connectivity index (χ0v) is 17.5. The maximum absolute atomic E-state index is 13.8. The topological polar surface area (TPSA) is 134 Å². The predicted molar refractivity (Wildman–Crippen MR) is 106 cm³/mol. The highest BCUT2D eigenvalue weighted by Gasteiger charge is 2.63. The number of carbonyl (C=O) groups excluding carboxylic acids is 4. The second-order valence-corrected chi connectivity index (χ2v) is 6.74. The first kappa shape index (κ1) is 21.9. The summed E-state index contributed by atoms with van der Waals surface area (Å²) in [6.45, 7) is 1.57. The van der Waals surface area contributed by atoms with Gasteiger partial charge in [-0.25, -0.2) is 9.59 Å². The summed E-state index contributed by atoms with van der Waals surface area (Å²) in [5.74, 6) is -3.99. The molecule has 0 radical (unpaired) electrons. The van der Waals surface area contributed by atoms with Crippen LogP contribution in [-0.4, -0.2) is 51.7 Å². The highest BCUT2D eigenvalue weighted by Crippen LogP contribution is 2.54. The van der Waals surface area contributed by atoms with Gasteiger partial charge in [0.25, 0.3) is 0 Å². The van der Waals surface area contributed by atoms with E-state index in [0.717, 1.165) is 14.2 Å². The van der Waals surface area contributed by atoms with Crippen molar-refractivity contribution in [2.75, 3.05) is 32.8 Å².